The quantitative estimate of drug-likeness (QED) is 0.941. The highest BCUT2D eigenvalue weighted by Gasteiger charge is 2.24. The van der Waals surface area contributed by atoms with Crippen LogP contribution in [0.4, 0.5) is 10.5 Å². The minimum absolute atomic E-state index is 0.168. The van der Waals surface area contributed by atoms with Crippen LogP contribution in [0.25, 0.3) is 0 Å². The Morgan fingerprint density at radius 1 is 1.30 bits per heavy atom. The van der Waals surface area contributed by atoms with Crippen molar-refractivity contribution in [1.82, 2.24) is 9.88 Å². The second kappa shape index (κ2) is 6.16. The number of carbonyl (C=O) groups excluding carboxylic acids is 2. The number of cyclic esters (lactones) is 1. The number of hydrogen-bond donors (Lipinski definition) is 1. The van der Waals surface area contributed by atoms with E-state index in [0.29, 0.717) is 30.9 Å². The Hall–Kier alpha value is -2.76. The molecule has 0 saturated carbocycles. The van der Waals surface area contributed by atoms with Gasteiger partial charge in [0.2, 0.25) is 0 Å². The summed E-state index contributed by atoms with van der Waals surface area (Å²) in [5, 5.41) is 2.90. The van der Waals surface area contributed by atoms with Crippen LogP contribution in [-0.2, 0) is 18.3 Å². The van der Waals surface area contributed by atoms with Crippen LogP contribution in [0.1, 0.15) is 21.7 Å². The van der Waals surface area contributed by atoms with E-state index >= 15 is 0 Å². The van der Waals surface area contributed by atoms with Gasteiger partial charge >= 0.3 is 6.09 Å². The first kappa shape index (κ1) is 15.1. The van der Waals surface area contributed by atoms with Gasteiger partial charge in [-0.3, -0.25) is 9.69 Å². The first-order valence-electron chi connectivity index (χ1n) is 7.50. The first-order chi connectivity index (χ1) is 11.1. The lowest BCUT2D eigenvalue weighted by molar-refractivity contribution is 0.0950. The van der Waals surface area contributed by atoms with Gasteiger partial charge in [0.25, 0.3) is 5.91 Å². The van der Waals surface area contributed by atoms with Gasteiger partial charge in [0, 0.05) is 29.7 Å². The molecule has 1 N–H and O–H groups in total. The zero-order valence-corrected chi connectivity index (χ0v) is 13.2. The van der Waals surface area contributed by atoms with Crippen molar-refractivity contribution in [2.45, 2.75) is 13.5 Å². The SMILES string of the molecule is Cc1ccc(CNC(=O)c2cccc(N3CCOC3=O)c2)n1C. The van der Waals surface area contributed by atoms with Crippen LogP contribution in [0.15, 0.2) is 36.4 Å². The molecular weight excluding hydrogens is 294 g/mol. The molecular formula is C17H19N3O3. The molecule has 3 rings (SSSR count). The second-order valence-electron chi connectivity index (χ2n) is 5.52. The van der Waals surface area contributed by atoms with E-state index in [-0.39, 0.29) is 12.0 Å². The van der Waals surface area contributed by atoms with E-state index in [2.05, 4.69) is 5.32 Å². The Morgan fingerprint density at radius 3 is 2.78 bits per heavy atom. The Kier molecular flexibility index (Phi) is 4.06. The van der Waals surface area contributed by atoms with E-state index < -0.39 is 0 Å². The number of rotatable bonds is 4. The van der Waals surface area contributed by atoms with E-state index in [1.165, 1.54) is 4.90 Å². The summed E-state index contributed by atoms with van der Waals surface area (Å²) in [6.45, 7) is 3.36. The largest absolute Gasteiger partial charge is 0.447 e. The minimum atomic E-state index is -0.373. The highest BCUT2D eigenvalue weighted by atomic mass is 16.6. The molecule has 6 heteroatoms. The molecule has 1 saturated heterocycles. The van der Waals surface area contributed by atoms with E-state index in [1.54, 1.807) is 24.3 Å². The smallest absolute Gasteiger partial charge is 0.414 e. The number of ether oxygens (including phenoxy) is 1. The molecule has 2 amide bonds. The predicted molar refractivity (Wildman–Crippen MR) is 86.5 cm³/mol. The number of benzene rings is 1. The highest BCUT2D eigenvalue weighted by Crippen LogP contribution is 2.20. The number of aryl methyl sites for hydroxylation is 1. The van der Waals surface area contributed by atoms with Crippen LogP contribution in [0.2, 0.25) is 0 Å². The van der Waals surface area contributed by atoms with Gasteiger partial charge in [-0.15, -0.1) is 0 Å². The molecule has 1 aliphatic heterocycles. The summed E-state index contributed by atoms with van der Waals surface area (Å²) >= 11 is 0. The average Bonchev–Trinajstić information content (AvgIpc) is 3.12. The maximum Gasteiger partial charge on any atom is 0.414 e. The number of hydrogen-bond acceptors (Lipinski definition) is 3. The Morgan fingerprint density at radius 2 is 2.13 bits per heavy atom. The molecule has 1 aromatic carbocycles. The van der Waals surface area contributed by atoms with E-state index in [4.69, 9.17) is 4.74 Å². The third-order valence-corrected chi connectivity index (χ3v) is 4.09. The van der Waals surface area contributed by atoms with Gasteiger partial charge in [-0.2, -0.15) is 0 Å². The van der Waals surface area contributed by atoms with Crippen LogP contribution in [-0.4, -0.2) is 29.7 Å². The highest BCUT2D eigenvalue weighted by molar-refractivity contribution is 5.97. The lowest BCUT2D eigenvalue weighted by Crippen LogP contribution is -2.26. The number of nitrogens with one attached hydrogen (secondary N) is 1. The molecule has 23 heavy (non-hydrogen) atoms. The summed E-state index contributed by atoms with van der Waals surface area (Å²) in [5.41, 5.74) is 3.38. The number of amides is 2. The molecule has 0 bridgehead atoms. The van der Waals surface area contributed by atoms with Crippen molar-refractivity contribution in [2.75, 3.05) is 18.1 Å². The molecule has 2 heterocycles. The summed E-state index contributed by atoms with van der Waals surface area (Å²) in [6, 6.07) is 11.0. The van der Waals surface area contributed by atoms with Gasteiger partial charge in [0.1, 0.15) is 6.61 Å². The van der Waals surface area contributed by atoms with Gasteiger partial charge in [-0.25, -0.2) is 4.79 Å². The van der Waals surface area contributed by atoms with Gasteiger partial charge in [0.05, 0.1) is 13.1 Å². The number of anilines is 1. The van der Waals surface area contributed by atoms with Gasteiger partial charge < -0.3 is 14.6 Å². The van der Waals surface area contributed by atoms with E-state index in [9.17, 15) is 9.59 Å². The van der Waals surface area contributed by atoms with Gasteiger partial charge in [0.15, 0.2) is 0 Å². The maximum absolute atomic E-state index is 12.3. The van der Waals surface area contributed by atoms with Crippen molar-refractivity contribution in [1.29, 1.82) is 0 Å². The summed E-state index contributed by atoms with van der Waals surface area (Å²) < 4.78 is 6.96. The lowest BCUT2D eigenvalue weighted by atomic mass is 10.1. The van der Waals surface area contributed by atoms with Crippen molar-refractivity contribution in [3.63, 3.8) is 0 Å². The third-order valence-electron chi connectivity index (χ3n) is 4.09. The predicted octanol–water partition coefficient (Wildman–Crippen LogP) is 2.22. The minimum Gasteiger partial charge on any atom is -0.447 e. The van der Waals surface area contributed by atoms with E-state index in [1.807, 2.05) is 30.7 Å². The summed E-state index contributed by atoms with van der Waals surface area (Å²) in [5.74, 6) is -0.168. The number of carbonyl (C=O) groups is 2. The van der Waals surface area contributed by atoms with Crippen LogP contribution in [0.5, 0.6) is 0 Å². The molecule has 0 aliphatic carbocycles. The zero-order chi connectivity index (χ0) is 16.4. The fourth-order valence-corrected chi connectivity index (χ4v) is 2.56. The molecule has 0 spiro atoms. The van der Waals surface area contributed by atoms with Crippen molar-refractivity contribution in [2.24, 2.45) is 7.05 Å². The van der Waals surface area contributed by atoms with Gasteiger partial charge in [-0.05, 0) is 37.3 Å². The molecule has 120 valence electrons. The van der Waals surface area contributed by atoms with Crippen LogP contribution in [0, 0.1) is 6.92 Å². The zero-order valence-electron chi connectivity index (χ0n) is 13.2. The van der Waals surface area contributed by atoms with E-state index in [0.717, 1.165) is 11.4 Å². The average molecular weight is 313 g/mol. The Balaban J connectivity index is 1.70. The van der Waals surface area contributed by atoms with Gasteiger partial charge in [-0.1, -0.05) is 6.07 Å². The van der Waals surface area contributed by atoms with Crippen molar-refractivity contribution in [3.05, 3.63) is 53.3 Å². The molecule has 1 fully saturated rings. The van der Waals surface area contributed by atoms with Crippen molar-refractivity contribution in [3.8, 4) is 0 Å². The fourth-order valence-electron chi connectivity index (χ4n) is 2.56. The summed E-state index contributed by atoms with van der Waals surface area (Å²) in [7, 11) is 1.97. The molecule has 0 unspecified atom stereocenters. The number of nitrogens with zero attached hydrogens (tertiary/aromatic N) is 2. The van der Waals surface area contributed by atoms with Crippen LogP contribution >= 0.6 is 0 Å². The molecule has 1 aromatic heterocycles. The third kappa shape index (κ3) is 3.06. The summed E-state index contributed by atoms with van der Waals surface area (Å²) in [6.07, 6.45) is -0.373. The topological polar surface area (TPSA) is 63.6 Å². The molecule has 1 aliphatic rings. The molecule has 6 nitrogen and oxygen atoms in total. The lowest BCUT2D eigenvalue weighted by Gasteiger charge is -2.14. The van der Waals surface area contributed by atoms with Crippen molar-refractivity contribution < 1.29 is 14.3 Å². The number of aromatic nitrogens is 1. The maximum atomic E-state index is 12.3. The normalized spacial score (nSPS) is 14.0. The van der Waals surface area contributed by atoms with Crippen molar-refractivity contribution >= 4 is 17.7 Å². The standard InChI is InChI=1S/C17H19N3O3/c1-12-6-7-15(19(12)2)11-18-16(21)13-4-3-5-14(10-13)20-8-9-23-17(20)22/h3-7,10H,8-9,11H2,1-2H3,(H,18,21). The first-order valence-corrected chi connectivity index (χ1v) is 7.50. The Bertz CT molecular complexity index is 751. The second-order valence-corrected chi connectivity index (χ2v) is 5.52. The summed E-state index contributed by atoms with van der Waals surface area (Å²) in [4.78, 5) is 25.5. The van der Waals surface area contributed by atoms with Crippen LogP contribution < -0.4 is 10.2 Å². The molecule has 0 atom stereocenters. The monoisotopic (exact) mass is 313 g/mol. The molecule has 2 aromatic rings. The van der Waals surface area contributed by atoms with Crippen LogP contribution in [0.3, 0.4) is 0 Å². The Labute approximate surface area is 134 Å². The molecule has 0 radical (unpaired) electrons. The fraction of sp³-hybridized carbons (Fsp3) is 0.294.